The van der Waals surface area contributed by atoms with Crippen LogP contribution in [0.2, 0.25) is 0 Å². The summed E-state index contributed by atoms with van der Waals surface area (Å²) in [6, 6.07) is 16.6. The summed E-state index contributed by atoms with van der Waals surface area (Å²) in [4.78, 5) is 26.2. The van der Waals surface area contributed by atoms with Crippen molar-refractivity contribution in [2.45, 2.75) is 19.3 Å². The highest BCUT2D eigenvalue weighted by Crippen LogP contribution is 2.33. The molecule has 2 aromatic carbocycles. The summed E-state index contributed by atoms with van der Waals surface area (Å²) < 4.78 is 5.59. The number of benzene rings is 2. The van der Waals surface area contributed by atoms with Gasteiger partial charge in [0.25, 0.3) is 5.91 Å². The monoisotopic (exact) mass is 353 g/mol. The Labute approximate surface area is 153 Å². The van der Waals surface area contributed by atoms with Gasteiger partial charge in [0.15, 0.2) is 0 Å². The van der Waals surface area contributed by atoms with E-state index in [-0.39, 0.29) is 18.4 Å². The lowest BCUT2D eigenvalue weighted by Crippen LogP contribution is -2.29. The maximum Gasteiger partial charge on any atom is 0.308 e. The second kappa shape index (κ2) is 8.04. The first-order valence-electron chi connectivity index (χ1n) is 8.90. The number of amides is 1. The second-order valence-electron chi connectivity index (χ2n) is 6.55. The van der Waals surface area contributed by atoms with Gasteiger partial charge in [-0.15, -0.1) is 0 Å². The molecule has 0 bridgehead atoms. The summed E-state index contributed by atoms with van der Waals surface area (Å²) in [5, 5.41) is 9.60. The number of carbonyl (C=O) groups excluding carboxylic acids is 1. The molecule has 3 rings (SSSR count). The van der Waals surface area contributed by atoms with E-state index in [1.807, 2.05) is 43.3 Å². The van der Waals surface area contributed by atoms with Gasteiger partial charge in [0.2, 0.25) is 0 Å². The molecule has 1 N–H and O–H groups in total. The Morgan fingerprint density at radius 2 is 1.88 bits per heavy atom. The van der Waals surface area contributed by atoms with E-state index in [2.05, 4.69) is 0 Å². The summed E-state index contributed by atoms with van der Waals surface area (Å²) in [5.41, 5.74) is 1.48. The highest BCUT2D eigenvalue weighted by Gasteiger charge is 2.40. The van der Waals surface area contributed by atoms with Crippen molar-refractivity contribution < 1.29 is 19.4 Å². The predicted molar refractivity (Wildman–Crippen MR) is 98.4 cm³/mol. The fourth-order valence-corrected chi connectivity index (χ4v) is 3.38. The van der Waals surface area contributed by atoms with Crippen molar-refractivity contribution in [2.24, 2.45) is 5.92 Å². The molecule has 26 heavy (non-hydrogen) atoms. The molecule has 2 unspecified atom stereocenters. The van der Waals surface area contributed by atoms with Crippen molar-refractivity contribution >= 4 is 11.9 Å². The van der Waals surface area contributed by atoms with Crippen LogP contribution in [0.3, 0.4) is 0 Å². The van der Waals surface area contributed by atoms with Gasteiger partial charge in [-0.05, 0) is 30.2 Å². The molecule has 0 radical (unpaired) electrons. The van der Waals surface area contributed by atoms with E-state index in [0.717, 1.165) is 12.0 Å². The van der Waals surface area contributed by atoms with Crippen LogP contribution in [0.1, 0.15) is 35.2 Å². The SMILES string of the molecule is CCCOc1cccc(C(=O)N2CC(C(=O)O)C(c3ccccc3)C2)c1. The molecule has 0 aromatic heterocycles. The minimum absolute atomic E-state index is 0.156. The Bertz CT molecular complexity index is 775. The number of carboxylic acid groups (broad SMARTS) is 1. The first-order valence-corrected chi connectivity index (χ1v) is 8.90. The van der Waals surface area contributed by atoms with E-state index in [4.69, 9.17) is 4.74 Å². The van der Waals surface area contributed by atoms with Gasteiger partial charge >= 0.3 is 5.97 Å². The number of rotatable bonds is 6. The zero-order valence-corrected chi connectivity index (χ0v) is 14.8. The van der Waals surface area contributed by atoms with Crippen LogP contribution in [0.5, 0.6) is 5.75 Å². The number of hydrogen-bond donors (Lipinski definition) is 1. The quantitative estimate of drug-likeness (QED) is 0.864. The average Bonchev–Trinajstić information content (AvgIpc) is 3.12. The van der Waals surface area contributed by atoms with E-state index in [1.54, 1.807) is 23.1 Å². The third-order valence-electron chi connectivity index (χ3n) is 4.71. The molecule has 0 spiro atoms. The third-order valence-corrected chi connectivity index (χ3v) is 4.71. The maximum atomic E-state index is 12.9. The van der Waals surface area contributed by atoms with Crippen LogP contribution in [-0.2, 0) is 4.79 Å². The van der Waals surface area contributed by atoms with Crippen molar-refractivity contribution in [3.8, 4) is 5.75 Å². The fraction of sp³-hybridized carbons (Fsp3) is 0.333. The molecule has 136 valence electrons. The molecule has 2 aromatic rings. The summed E-state index contributed by atoms with van der Waals surface area (Å²) in [7, 11) is 0. The van der Waals surface area contributed by atoms with Crippen LogP contribution in [0.25, 0.3) is 0 Å². The fourth-order valence-electron chi connectivity index (χ4n) is 3.38. The molecule has 1 fully saturated rings. The maximum absolute atomic E-state index is 12.9. The van der Waals surface area contributed by atoms with Gasteiger partial charge < -0.3 is 14.7 Å². The molecule has 1 saturated heterocycles. The number of carbonyl (C=O) groups is 2. The number of likely N-dealkylation sites (tertiary alicyclic amines) is 1. The van der Waals surface area contributed by atoms with Crippen molar-refractivity contribution in [2.75, 3.05) is 19.7 Å². The van der Waals surface area contributed by atoms with Crippen molar-refractivity contribution in [3.63, 3.8) is 0 Å². The Hall–Kier alpha value is -2.82. The third kappa shape index (κ3) is 3.87. The van der Waals surface area contributed by atoms with Gasteiger partial charge in [-0.1, -0.05) is 43.3 Å². The Balaban J connectivity index is 1.79. The largest absolute Gasteiger partial charge is 0.494 e. The van der Waals surface area contributed by atoms with Crippen LogP contribution in [0.15, 0.2) is 54.6 Å². The van der Waals surface area contributed by atoms with Crippen molar-refractivity contribution in [1.82, 2.24) is 4.90 Å². The number of nitrogens with zero attached hydrogens (tertiary/aromatic N) is 1. The van der Waals surface area contributed by atoms with Crippen LogP contribution < -0.4 is 4.74 Å². The first kappa shape index (κ1) is 18.0. The molecule has 2 atom stereocenters. The van der Waals surface area contributed by atoms with Gasteiger partial charge in [0, 0.05) is 24.6 Å². The van der Waals surface area contributed by atoms with E-state index < -0.39 is 11.9 Å². The topological polar surface area (TPSA) is 66.8 Å². The van der Waals surface area contributed by atoms with E-state index in [0.29, 0.717) is 24.5 Å². The molecule has 5 heteroatoms. The molecule has 1 aliphatic heterocycles. The Morgan fingerprint density at radius 1 is 1.12 bits per heavy atom. The molecule has 0 saturated carbocycles. The van der Waals surface area contributed by atoms with Crippen LogP contribution >= 0.6 is 0 Å². The molecular weight excluding hydrogens is 330 g/mol. The van der Waals surface area contributed by atoms with Crippen LogP contribution in [0.4, 0.5) is 0 Å². The molecular formula is C21H23NO4. The minimum atomic E-state index is -0.866. The van der Waals surface area contributed by atoms with Gasteiger partial charge in [-0.2, -0.15) is 0 Å². The Kier molecular flexibility index (Phi) is 5.56. The average molecular weight is 353 g/mol. The number of ether oxygens (including phenoxy) is 1. The minimum Gasteiger partial charge on any atom is -0.494 e. The number of carboxylic acids is 1. The first-order chi connectivity index (χ1) is 12.6. The molecule has 5 nitrogen and oxygen atoms in total. The smallest absolute Gasteiger partial charge is 0.308 e. The van der Waals surface area contributed by atoms with Crippen LogP contribution in [-0.4, -0.2) is 41.6 Å². The zero-order chi connectivity index (χ0) is 18.5. The van der Waals surface area contributed by atoms with Gasteiger partial charge in [-0.25, -0.2) is 0 Å². The zero-order valence-electron chi connectivity index (χ0n) is 14.8. The second-order valence-corrected chi connectivity index (χ2v) is 6.55. The lowest BCUT2D eigenvalue weighted by molar-refractivity contribution is -0.141. The highest BCUT2D eigenvalue weighted by molar-refractivity contribution is 5.95. The van der Waals surface area contributed by atoms with E-state index in [9.17, 15) is 14.7 Å². The number of aliphatic carboxylic acids is 1. The van der Waals surface area contributed by atoms with Crippen molar-refractivity contribution in [1.29, 1.82) is 0 Å². The van der Waals surface area contributed by atoms with Gasteiger partial charge in [-0.3, -0.25) is 9.59 Å². The highest BCUT2D eigenvalue weighted by atomic mass is 16.5. The van der Waals surface area contributed by atoms with Gasteiger partial charge in [0.05, 0.1) is 12.5 Å². The van der Waals surface area contributed by atoms with Gasteiger partial charge in [0.1, 0.15) is 5.75 Å². The predicted octanol–water partition coefficient (Wildman–Crippen LogP) is 3.42. The molecule has 0 aliphatic carbocycles. The number of hydrogen-bond acceptors (Lipinski definition) is 3. The lowest BCUT2D eigenvalue weighted by atomic mass is 9.89. The van der Waals surface area contributed by atoms with E-state index in [1.165, 1.54) is 0 Å². The van der Waals surface area contributed by atoms with Crippen LogP contribution in [0, 0.1) is 5.92 Å². The summed E-state index contributed by atoms with van der Waals surface area (Å²) in [5.74, 6) is -1.16. The Morgan fingerprint density at radius 3 is 2.58 bits per heavy atom. The molecule has 1 amide bonds. The summed E-state index contributed by atoms with van der Waals surface area (Å²) in [6.45, 7) is 3.24. The van der Waals surface area contributed by atoms with E-state index >= 15 is 0 Å². The van der Waals surface area contributed by atoms with Crippen molar-refractivity contribution in [3.05, 3.63) is 65.7 Å². The normalized spacial score (nSPS) is 19.3. The lowest BCUT2D eigenvalue weighted by Gasteiger charge is -2.17. The molecule has 1 aliphatic rings. The standard InChI is InChI=1S/C21H23NO4/c1-2-11-26-17-10-6-9-16(12-17)20(23)22-13-18(19(14-22)21(24)25)15-7-4-3-5-8-15/h3-10,12,18-19H,2,11,13-14H2,1H3,(H,24,25). The summed E-state index contributed by atoms with van der Waals surface area (Å²) >= 11 is 0. The summed E-state index contributed by atoms with van der Waals surface area (Å²) in [6.07, 6.45) is 0.892. The molecule has 1 heterocycles.